The number of carbonyl (C=O) groups is 1. The summed E-state index contributed by atoms with van der Waals surface area (Å²) in [5.41, 5.74) is 0.280. The Morgan fingerprint density at radius 2 is 2.20 bits per heavy atom. The molecule has 3 N–H and O–H groups in total. The Bertz CT molecular complexity index is 620. The van der Waals surface area contributed by atoms with E-state index >= 15 is 0 Å². The largest absolute Gasteiger partial charge is 0.373 e. The predicted octanol–water partition coefficient (Wildman–Crippen LogP) is 0.523. The monoisotopic (exact) mass is 296 g/mol. The summed E-state index contributed by atoms with van der Waals surface area (Å²) in [4.78, 5) is 15.1. The van der Waals surface area contributed by atoms with Gasteiger partial charge in [-0.25, -0.2) is 17.9 Å². The van der Waals surface area contributed by atoms with Crippen LogP contribution in [0.25, 0.3) is 0 Å². The average molecular weight is 296 g/mol. The second-order valence-corrected chi connectivity index (χ2v) is 5.81. The molecule has 108 valence electrons. The molecule has 0 aliphatic heterocycles. The first-order chi connectivity index (χ1) is 9.36. The van der Waals surface area contributed by atoms with E-state index in [1.54, 1.807) is 13.8 Å². The Morgan fingerprint density at radius 1 is 1.50 bits per heavy atom. The fourth-order valence-corrected chi connectivity index (χ4v) is 2.40. The van der Waals surface area contributed by atoms with Crippen LogP contribution >= 0.6 is 0 Å². The van der Waals surface area contributed by atoms with E-state index in [2.05, 4.69) is 21.5 Å². The van der Waals surface area contributed by atoms with Crippen molar-refractivity contribution in [2.24, 2.45) is 0 Å². The molecule has 1 aromatic heterocycles. The minimum atomic E-state index is -4.02. The molecule has 0 bridgehead atoms. The van der Waals surface area contributed by atoms with Gasteiger partial charge in [-0.05, 0) is 19.9 Å². The number of hydrogen-bond donors (Lipinski definition) is 3. The second-order valence-electron chi connectivity index (χ2n) is 4.16. The van der Waals surface area contributed by atoms with Crippen molar-refractivity contribution in [2.75, 3.05) is 11.9 Å². The van der Waals surface area contributed by atoms with Gasteiger partial charge < -0.3 is 10.6 Å². The van der Waals surface area contributed by atoms with Gasteiger partial charge in [-0.2, -0.15) is 0 Å². The lowest BCUT2D eigenvalue weighted by Crippen LogP contribution is -2.42. The summed E-state index contributed by atoms with van der Waals surface area (Å²) in [6.45, 7) is 3.59. The van der Waals surface area contributed by atoms with Crippen LogP contribution in [0, 0.1) is 12.3 Å². The highest BCUT2D eigenvalue weighted by Crippen LogP contribution is 2.18. The minimum Gasteiger partial charge on any atom is -0.373 e. The first-order valence-electron chi connectivity index (χ1n) is 5.81. The van der Waals surface area contributed by atoms with Gasteiger partial charge in [0.1, 0.15) is 4.90 Å². The maximum absolute atomic E-state index is 12.1. The highest BCUT2D eigenvalue weighted by atomic mass is 32.2. The number of urea groups is 1. The number of aromatic nitrogens is 1. The van der Waals surface area contributed by atoms with Crippen LogP contribution in [0.15, 0.2) is 23.4 Å². The van der Waals surface area contributed by atoms with Gasteiger partial charge in [0, 0.05) is 18.4 Å². The molecule has 0 aromatic carbocycles. The molecule has 0 radical (unpaired) electrons. The number of amides is 2. The van der Waals surface area contributed by atoms with Crippen molar-refractivity contribution in [1.82, 2.24) is 15.0 Å². The predicted molar refractivity (Wildman–Crippen MR) is 75.5 cm³/mol. The molecule has 7 nitrogen and oxygen atoms in total. The summed E-state index contributed by atoms with van der Waals surface area (Å²) in [5.74, 6) is 2.34. The van der Waals surface area contributed by atoms with Crippen LogP contribution in [0.5, 0.6) is 0 Å². The quantitative estimate of drug-likeness (QED) is 0.688. The summed E-state index contributed by atoms with van der Waals surface area (Å²) in [6, 6.07) is 0.483. The van der Waals surface area contributed by atoms with Gasteiger partial charge in [0.05, 0.1) is 12.2 Å². The van der Waals surface area contributed by atoms with Gasteiger partial charge in [0.2, 0.25) is 0 Å². The van der Waals surface area contributed by atoms with Crippen molar-refractivity contribution in [3.63, 3.8) is 0 Å². The molecule has 2 amide bonds. The summed E-state index contributed by atoms with van der Waals surface area (Å²) in [5, 5.41) is 5.18. The Morgan fingerprint density at radius 3 is 2.80 bits per heavy atom. The Balaban J connectivity index is 2.98. The molecular formula is C12H16N4O3S. The number of nitrogens with one attached hydrogen (secondary N) is 3. The molecule has 0 saturated heterocycles. The number of rotatable bonds is 5. The first-order valence-corrected chi connectivity index (χ1v) is 7.30. The van der Waals surface area contributed by atoms with Crippen LogP contribution in [0.1, 0.15) is 13.8 Å². The highest BCUT2D eigenvalue weighted by molar-refractivity contribution is 7.90. The minimum absolute atomic E-state index is 0.144. The van der Waals surface area contributed by atoms with Gasteiger partial charge in [-0.3, -0.25) is 4.98 Å². The number of terminal acetylenes is 1. The standard InChI is InChI=1S/C12H16N4O3S/c1-4-6-14-10-5-7-13-8-11(10)20(18,19)16-12(17)15-9(2)3/h1,5,7-9H,6H2,2-3H3,(H,13,14)(H2,15,16,17). The van der Waals surface area contributed by atoms with E-state index in [9.17, 15) is 13.2 Å². The molecule has 0 saturated carbocycles. The zero-order valence-electron chi connectivity index (χ0n) is 11.2. The molecule has 0 unspecified atom stereocenters. The fourth-order valence-electron chi connectivity index (χ4n) is 1.36. The average Bonchev–Trinajstić information content (AvgIpc) is 2.34. The van der Waals surface area contributed by atoms with Crippen LogP contribution < -0.4 is 15.4 Å². The normalized spacial score (nSPS) is 10.7. The number of pyridine rings is 1. The first kappa shape index (κ1) is 15.8. The Hall–Kier alpha value is -2.27. The molecule has 1 heterocycles. The number of anilines is 1. The number of carbonyl (C=O) groups excluding carboxylic acids is 1. The Kier molecular flexibility index (Phi) is 5.34. The summed E-state index contributed by atoms with van der Waals surface area (Å²) in [6.07, 6.45) is 7.68. The molecular weight excluding hydrogens is 280 g/mol. The van der Waals surface area contributed by atoms with Crippen molar-refractivity contribution in [2.45, 2.75) is 24.8 Å². The zero-order valence-corrected chi connectivity index (χ0v) is 12.0. The van der Waals surface area contributed by atoms with Gasteiger partial charge in [-0.15, -0.1) is 6.42 Å². The molecule has 0 fully saturated rings. The lowest BCUT2D eigenvalue weighted by Gasteiger charge is -2.13. The molecule has 1 aromatic rings. The third-order valence-corrected chi connectivity index (χ3v) is 3.46. The van der Waals surface area contributed by atoms with E-state index in [1.807, 2.05) is 4.72 Å². The third kappa shape index (κ3) is 4.44. The number of sulfonamides is 1. The smallest absolute Gasteiger partial charge is 0.328 e. The van der Waals surface area contributed by atoms with E-state index in [0.717, 1.165) is 6.20 Å². The van der Waals surface area contributed by atoms with Crippen LogP contribution in [0.4, 0.5) is 10.5 Å². The van der Waals surface area contributed by atoms with Crippen LogP contribution in [0.2, 0.25) is 0 Å². The number of nitrogens with zero attached hydrogens (tertiary/aromatic N) is 1. The molecule has 8 heteroatoms. The van der Waals surface area contributed by atoms with Gasteiger partial charge in [0.15, 0.2) is 0 Å². The summed E-state index contributed by atoms with van der Waals surface area (Å²) < 4.78 is 26.1. The molecule has 1 rings (SSSR count). The molecule has 0 aliphatic carbocycles. The molecule has 0 spiro atoms. The van der Waals surface area contributed by atoms with E-state index < -0.39 is 16.1 Å². The van der Waals surface area contributed by atoms with E-state index in [1.165, 1.54) is 12.3 Å². The SMILES string of the molecule is C#CCNc1ccncc1S(=O)(=O)NC(=O)NC(C)C. The van der Waals surface area contributed by atoms with Crippen molar-refractivity contribution < 1.29 is 13.2 Å². The second kappa shape index (κ2) is 6.77. The van der Waals surface area contributed by atoms with Gasteiger partial charge >= 0.3 is 6.03 Å². The zero-order chi connectivity index (χ0) is 15.2. The summed E-state index contributed by atoms with van der Waals surface area (Å²) in [7, 11) is -4.02. The third-order valence-electron chi connectivity index (χ3n) is 2.10. The van der Waals surface area contributed by atoms with E-state index in [-0.39, 0.29) is 23.2 Å². The molecule has 20 heavy (non-hydrogen) atoms. The van der Waals surface area contributed by atoms with Crippen molar-refractivity contribution in [1.29, 1.82) is 0 Å². The van der Waals surface area contributed by atoms with Crippen molar-refractivity contribution >= 4 is 21.7 Å². The maximum atomic E-state index is 12.1. The van der Waals surface area contributed by atoms with Crippen LogP contribution in [-0.4, -0.2) is 32.0 Å². The number of hydrogen-bond acceptors (Lipinski definition) is 5. The molecule has 0 aliphatic rings. The summed E-state index contributed by atoms with van der Waals surface area (Å²) >= 11 is 0. The lowest BCUT2D eigenvalue weighted by atomic mass is 10.4. The van der Waals surface area contributed by atoms with Gasteiger partial charge in [0.25, 0.3) is 10.0 Å². The maximum Gasteiger partial charge on any atom is 0.328 e. The van der Waals surface area contributed by atoms with Crippen LogP contribution in [0.3, 0.4) is 0 Å². The molecule has 0 atom stereocenters. The highest BCUT2D eigenvalue weighted by Gasteiger charge is 2.21. The van der Waals surface area contributed by atoms with E-state index in [4.69, 9.17) is 6.42 Å². The van der Waals surface area contributed by atoms with Crippen LogP contribution in [-0.2, 0) is 10.0 Å². The van der Waals surface area contributed by atoms with Crippen molar-refractivity contribution in [3.05, 3.63) is 18.5 Å². The lowest BCUT2D eigenvalue weighted by molar-refractivity contribution is 0.243. The van der Waals surface area contributed by atoms with Crippen molar-refractivity contribution in [3.8, 4) is 12.3 Å². The Labute approximate surface area is 118 Å². The fraction of sp³-hybridized carbons (Fsp3) is 0.333. The topological polar surface area (TPSA) is 100 Å². The van der Waals surface area contributed by atoms with E-state index in [0.29, 0.717) is 0 Å². The van der Waals surface area contributed by atoms with Gasteiger partial charge in [-0.1, -0.05) is 5.92 Å².